The van der Waals surface area contributed by atoms with Gasteiger partial charge in [0.1, 0.15) is 0 Å². The highest BCUT2D eigenvalue weighted by atomic mass is 16.5. The Labute approximate surface area is 169 Å². The third-order valence-corrected chi connectivity index (χ3v) is 5.38. The van der Waals surface area contributed by atoms with Crippen LogP contribution in [0.4, 0.5) is 0 Å². The molecule has 0 saturated carbocycles. The molecule has 0 aliphatic rings. The van der Waals surface area contributed by atoms with Crippen LogP contribution in [0.2, 0.25) is 0 Å². The zero-order chi connectivity index (χ0) is 19.4. The van der Waals surface area contributed by atoms with Gasteiger partial charge in [0, 0.05) is 19.7 Å². The third-order valence-electron chi connectivity index (χ3n) is 5.38. The second-order valence-electron chi connectivity index (χ2n) is 7.89. The summed E-state index contributed by atoms with van der Waals surface area (Å²) in [4.78, 5) is 0. The molecule has 0 spiro atoms. The van der Waals surface area contributed by atoms with E-state index in [1.165, 1.54) is 82.6 Å². The minimum absolute atomic E-state index is 0.628. The molecule has 0 amide bonds. The van der Waals surface area contributed by atoms with Crippen LogP contribution >= 0.6 is 0 Å². The van der Waals surface area contributed by atoms with Gasteiger partial charge in [-0.2, -0.15) is 0 Å². The number of hydrogen-bond donors (Lipinski definition) is 1. The molecule has 1 unspecified atom stereocenters. The number of rotatable bonds is 19. The predicted octanol–water partition coefficient (Wildman–Crippen LogP) is 7.10. The lowest BCUT2D eigenvalue weighted by Crippen LogP contribution is -2.25. The van der Waals surface area contributed by atoms with Gasteiger partial charge in [-0.1, -0.05) is 108 Å². The fourth-order valence-corrected chi connectivity index (χ4v) is 3.60. The van der Waals surface area contributed by atoms with Gasteiger partial charge in [-0.25, -0.2) is 0 Å². The highest BCUT2D eigenvalue weighted by molar-refractivity contribution is 5.19. The van der Waals surface area contributed by atoms with Gasteiger partial charge in [0.25, 0.3) is 0 Å². The minimum Gasteiger partial charge on any atom is -0.380 e. The van der Waals surface area contributed by atoms with Crippen molar-refractivity contribution in [2.75, 3.05) is 26.3 Å². The molecular formula is C25H45NO. The van der Waals surface area contributed by atoms with Crippen molar-refractivity contribution in [3.05, 3.63) is 35.9 Å². The largest absolute Gasteiger partial charge is 0.380 e. The molecule has 1 N–H and O–H groups in total. The quantitative estimate of drug-likeness (QED) is 0.260. The van der Waals surface area contributed by atoms with Gasteiger partial charge in [-0.05, 0) is 24.3 Å². The Balaban J connectivity index is 1.95. The first kappa shape index (κ1) is 24.2. The summed E-state index contributed by atoms with van der Waals surface area (Å²) in [6, 6.07) is 10.9. The molecule has 0 aliphatic carbocycles. The van der Waals surface area contributed by atoms with Crippen molar-refractivity contribution in [1.82, 2.24) is 5.32 Å². The van der Waals surface area contributed by atoms with Crippen LogP contribution < -0.4 is 5.32 Å². The third kappa shape index (κ3) is 13.9. The molecular weight excluding hydrogens is 330 g/mol. The molecule has 27 heavy (non-hydrogen) atoms. The fraction of sp³-hybridized carbons (Fsp3) is 0.760. The second kappa shape index (κ2) is 18.5. The molecule has 0 fully saturated rings. The zero-order valence-electron chi connectivity index (χ0n) is 18.2. The van der Waals surface area contributed by atoms with Crippen molar-refractivity contribution in [3.8, 4) is 0 Å². The van der Waals surface area contributed by atoms with Crippen LogP contribution in [-0.4, -0.2) is 26.3 Å². The van der Waals surface area contributed by atoms with Crippen LogP contribution in [0.15, 0.2) is 30.3 Å². The van der Waals surface area contributed by atoms with Gasteiger partial charge in [-0.3, -0.25) is 0 Å². The average molecular weight is 376 g/mol. The summed E-state index contributed by atoms with van der Waals surface area (Å²) in [7, 11) is 0. The van der Waals surface area contributed by atoms with Crippen molar-refractivity contribution in [1.29, 1.82) is 0 Å². The standard InChI is InChI=1S/C25H45NO/c1-3-5-7-8-9-10-11-12-16-21-27-22-20-26-23-25(17-6-4-2)24-18-14-13-15-19-24/h13-15,18-19,25-26H,3-12,16-17,20-23H2,1-2H3. The van der Waals surface area contributed by atoms with E-state index in [2.05, 4.69) is 49.5 Å². The predicted molar refractivity (Wildman–Crippen MR) is 120 cm³/mol. The first-order chi connectivity index (χ1) is 13.4. The summed E-state index contributed by atoms with van der Waals surface area (Å²) in [5.74, 6) is 0.628. The van der Waals surface area contributed by atoms with Gasteiger partial charge >= 0.3 is 0 Å². The van der Waals surface area contributed by atoms with Crippen LogP contribution in [0.25, 0.3) is 0 Å². The molecule has 156 valence electrons. The fourth-order valence-electron chi connectivity index (χ4n) is 3.60. The first-order valence-electron chi connectivity index (χ1n) is 11.7. The highest BCUT2D eigenvalue weighted by Crippen LogP contribution is 2.21. The Morgan fingerprint density at radius 1 is 0.741 bits per heavy atom. The summed E-state index contributed by atoms with van der Waals surface area (Å²) >= 11 is 0. The Morgan fingerprint density at radius 3 is 2.04 bits per heavy atom. The Kier molecular flexibility index (Phi) is 16.6. The van der Waals surface area contributed by atoms with E-state index in [9.17, 15) is 0 Å². The average Bonchev–Trinajstić information content (AvgIpc) is 2.71. The lowest BCUT2D eigenvalue weighted by molar-refractivity contribution is 0.131. The van der Waals surface area contributed by atoms with Crippen LogP contribution in [0.3, 0.4) is 0 Å². The summed E-state index contributed by atoms with van der Waals surface area (Å²) in [6.45, 7) is 8.35. The summed E-state index contributed by atoms with van der Waals surface area (Å²) in [6.07, 6.45) is 16.2. The zero-order valence-corrected chi connectivity index (χ0v) is 18.2. The normalized spacial score (nSPS) is 12.4. The summed E-state index contributed by atoms with van der Waals surface area (Å²) in [5, 5.41) is 3.60. The molecule has 1 aromatic carbocycles. The maximum atomic E-state index is 5.80. The monoisotopic (exact) mass is 375 g/mol. The van der Waals surface area contributed by atoms with Gasteiger partial charge < -0.3 is 10.1 Å². The molecule has 1 atom stereocenters. The van der Waals surface area contributed by atoms with Crippen LogP contribution in [-0.2, 0) is 4.74 Å². The molecule has 0 radical (unpaired) electrons. The van der Waals surface area contributed by atoms with Crippen LogP contribution in [0.1, 0.15) is 102 Å². The molecule has 0 saturated heterocycles. The SMILES string of the molecule is CCCCCCCCCCCOCCNCC(CCCC)c1ccccc1. The van der Waals surface area contributed by atoms with Gasteiger partial charge in [0.15, 0.2) is 0 Å². The molecule has 0 aliphatic heterocycles. The number of unbranched alkanes of at least 4 members (excludes halogenated alkanes) is 9. The molecule has 0 bridgehead atoms. The first-order valence-corrected chi connectivity index (χ1v) is 11.7. The van der Waals surface area contributed by atoms with Crippen molar-refractivity contribution >= 4 is 0 Å². The number of ether oxygens (including phenoxy) is 1. The summed E-state index contributed by atoms with van der Waals surface area (Å²) in [5.41, 5.74) is 1.47. The van der Waals surface area contributed by atoms with E-state index in [0.717, 1.165) is 26.3 Å². The molecule has 1 rings (SSSR count). The Morgan fingerprint density at radius 2 is 1.37 bits per heavy atom. The van der Waals surface area contributed by atoms with E-state index in [1.807, 2.05) is 0 Å². The number of hydrogen-bond acceptors (Lipinski definition) is 2. The molecule has 2 nitrogen and oxygen atoms in total. The van der Waals surface area contributed by atoms with E-state index in [4.69, 9.17) is 4.74 Å². The topological polar surface area (TPSA) is 21.3 Å². The number of benzene rings is 1. The van der Waals surface area contributed by atoms with E-state index in [0.29, 0.717) is 5.92 Å². The lowest BCUT2D eigenvalue weighted by atomic mass is 9.93. The molecule has 1 aromatic rings. The minimum atomic E-state index is 0.628. The van der Waals surface area contributed by atoms with E-state index < -0.39 is 0 Å². The summed E-state index contributed by atoms with van der Waals surface area (Å²) < 4.78 is 5.80. The lowest BCUT2D eigenvalue weighted by Gasteiger charge is -2.18. The maximum Gasteiger partial charge on any atom is 0.0590 e. The van der Waals surface area contributed by atoms with Gasteiger partial charge in [0.2, 0.25) is 0 Å². The van der Waals surface area contributed by atoms with Crippen molar-refractivity contribution < 1.29 is 4.74 Å². The van der Waals surface area contributed by atoms with E-state index >= 15 is 0 Å². The smallest absolute Gasteiger partial charge is 0.0590 e. The van der Waals surface area contributed by atoms with Crippen molar-refractivity contribution in [3.63, 3.8) is 0 Å². The molecule has 0 aromatic heterocycles. The van der Waals surface area contributed by atoms with E-state index in [-0.39, 0.29) is 0 Å². The van der Waals surface area contributed by atoms with E-state index in [1.54, 1.807) is 0 Å². The van der Waals surface area contributed by atoms with Crippen molar-refractivity contribution in [2.24, 2.45) is 0 Å². The van der Waals surface area contributed by atoms with Crippen LogP contribution in [0.5, 0.6) is 0 Å². The Bertz CT molecular complexity index is 406. The van der Waals surface area contributed by atoms with Crippen LogP contribution in [0, 0.1) is 0 Å². The van der Waals surface area contributed by atoms with Crippen molar-refractivity contribution in [2.45, 2.75) is 96.8 Å². The Hall–Kier alpha value is -0.860. The van der Waals surface area contributed by atoms with Gasteiger partial charge in [-0.15, -0.1) is 0 Å². The second-order valence-corrected chi connectivity index (χ2v) is 7.89. The molecule has 0 heterocycles. The highest BCUT2D eigenvalue weighted by Gasteiger charge is 2.10. The number of nitrogens with one attached hydrogen (secondary N) is 1. The van der Waals surface area contributed by atoms with Gasteiger partial charge in [0.05, 0.1) is 6.61 Å². The molecule has 2 heteroatoms. The maximum absolute atomic E-state index is 5.80.